The SMILES string of the molecule is COc1cc(NC(=O)c2ccn(C3CCOCC3)n2)c(C(N)=O)cc1OC. The van der Waals surface area contributed by atoms with Crippen molar-refractivity contribution >= 4 is 17.5 Å². The van der Waals surface area contributed by atoms with Gasteiger partial charge in [-0.2, -0.15) is 5.10 Å². The summed E-state index contributed by atoms with van der Waals surface area (Å²) in [7, 11) is 2.91. The van der Waals surface area contributed by atoms with Crippen molar-refractivity contribution in [2.75, 3.05) is 32.8 Å². The van der Waals surface area contributed by atoms with Crippen molar-refractivity contribution in [3.63, 3.8) is 0 Å². The van der Waals surface area contributed by atoms with Gasteiger partial charge >= 0.3 is 0 Å². The van der Waals surface area contributed by atoms with E-state index in [9.17, 15) is 9.59 Å². The topological polar surface area (TPSA) is 118 Å². The number of carbonyl (C=O) groups is 2. The molecular weight excluding hydrogens is 352 g/mol. The van der Waals surface area contributed by atoms with Crippen LogP contribution in [0.15, 0.2) is 24.4 Å². The molecule has 0 saturated carbocycles. The number of carbonyl (C=O) groups excluding carboxylic acids is 2. The molecule has 1 aromatic carbocycles. The van der Waals surface area contributed by atoms with Gasteiger partial charge < -0.3 is 25.3 Å². The lowest BCUT2D eigenvalue weighted by molar-refractivity contribution is 0.0661. The van der Waals surface area contributed by atoms with Crippen LogP contribution < -0.4 is 20.5 Å². The molecule has 0 bridgehead atoms. The van der Waals surface area contributed by atoms with Gasteiger partial charge in [0.2, 0.25) is 0 Å². The summed E-state index contributed by atoms with van der Waals surface area (Å²) in [4.78, 5) is 24.4. The van der Waals surface area contributed by atoms with Crippen LogP contribution in [0.2, 0.25) is 0 Å². The summed E-state index contributed by atoms with van der Waals surface area (Å²) >= 11 is 0. The number of hydrogen-bond acceptors (Lipinski definition) is 6. The number of primary amides is 1. The average molecular weight is 374 g/mol. The predicted molar refractivity (Wildman–Crippen MR) is 97.3 cm³/mol. The summed E-state index contributed by atoms with van der Waals surface area (Å²) in [6.45, 7) is 1.36. The van der Waals surface area contributed by atoms with Crippen LogP contribution in [0.4, 0.5) is 5.69 Å². The predicted octanol–water partition coefficient (Wildman–Crippen LogP) is 1.60. The zero-order valence-corrected chi connectivity index (χ0v) is 15.2. The first-order chi connectivity index (χ1) is 13.0. The number of rotatable bonds is 6. The number of benzene rings is 1. The summed E-state index contributed by atoms with van der Waals surface area (Å²) in [5.41, 5.74) is 6.01. The first-order valence-corrected chi connectivity index (χ1v) is 8.53. The van der Waals surface area contributed by atoms with Gasteiger partial charge in [0.1, 0.15) is 0 Å². The van der Waals surface area contributed by atoms with Gasteiger partial charge in [-0.25, -0.2) is 0 Å². The lowest BCUT2D eigenvalue weighted by Crippen LogP contribution is -2.21. The van der Waals surface area contributed by atoms with E-state index in [-0.39, 0.29) is 23.0 Å². The summed E-state index contributed by atoms with van der Waals surface area (Å²) < 4.78 is 17.5. The van der Waals surface area contributed by atoms with Crippen molar-refractivity contribution < 1.29 is 23.8 Å². The highest BCUT2D eigenvalue weighted by atomic mass is 16.5. The van der Waals surface area contributed by atoms with Gasteiger partial charge in [0.05, 0.1) is 31.5 Å². The minimum Gasteiger partial charge on any atom is -0.493 e. The van der Waals surface area contributed by atoms with E-state index in [0.717, 1.165) is 12.8 Å². The Labute approximate surface area is 156 Å². The average Bonchev–Trinajstić information content (AvgIpc) is 3.18. The second-order valence-corrected chi connectivity index (χ2v) is 6.10. The zero-order chi connectivity index (χ0) is 19.4. The molecule has 0 spiro atoms. The Kier molecular flexibility index (Phi) is 5.60. The molecule has 2 heterocycles. The Hall–Kier alpha value is -3.07. The minimum atomic E-state index is -0.695. The molecule has 0 atom stereocenters. The van der Waals surface area contributed by atoms with Crippen LogP contribution in [0.1, 0.15) is 39.7 Å². The van der Waals surface area contributed by atoms with Gasteiger partial charge in [0.25, 0.3) is 11.8 Å². The number of nitrogens with zero attached hydrogens (tertiary/aromatic N) is 2. The van der Waals surface area contributed by atoms with Gasteiger partial charge in [0, 0.05) is 25.5 Å². The number of ether oxygens (including phenoxy) is 3. The van der Waals surface area contributed by atoms with Gasteiger partial charge in [-0.3, -0.25) is 14.3 Å². The van der Waals surface area contributed by atoms with Crippen LogP contribution in [-0.2, 0) is 4.74 Å². The van der Waals surface area contributed by atoms with Crippen molar-refractivity contribution in [2.45, 2.75) is 18.9 Å². The smallest absolute Gasteiger partial charge is 0.276 e. The number of nitrogens with two attached hydrogens (primary N) is 1. The Morgan fingerprint density at radius 3 is 2.52 bits per heavy atom. The third-order valence-corrected chi connectivity index (χ3v) is 4.44. The zero-order valence-electron chi connectivity index (χ0n) is 15.2. The number of hydrogen-bond donors (Lipinski definition) is 2. The number of aromatic nitrogens is 2. The minimum absolute atomic E-state index is 0.116. The van der Waals surface area contributed by atoms with Crippen molar-refractivity contribution in [2.24, 2.45) is 5.73 Å². The molecule has 9 heteroatoms. The van der Waals surface area contributed by atoms with Crippen molar-refractivity contribution in [3.8, 4) is 11.5 Å². The largest absolute Gasteiger partial charge is 0.493 e. The van der Waals surface area contributed by atoms with Crippen molar-refractivity contribution in [1.82, 2.24) is 9.78 Å². The Bertz CT molecular complexity index is 842. The second-order valence-electron chi connectivity index (χ2n) is 6.10. The maximum atomic E-state index is 12.6. The number of nitrogens with one attached hydrogen (secondary N) is 1. The van der Waals surface area contributed by atoms with Crippen LogP contribution in [0, 0.1) is 0 Å². The van der Waals surface area contributed by atoms with Gasteiger partial charge in [-0.1, -0.05) is 0 Å². The van der Waals surface area contributed by atoms with Crippen LogP contribution in [0.25, 0.3) is 0 Å². The van der Waals surface area contributed by atoms with E-state index in [4.69, 9.17) is 19.9 Å². The van der Waals surface area contributed by atoms with E-state index in [0.29, 0.717) is 24.7 Å². The Morgan fingerprint density at radius 2 is 1.89 bits per heavy atom. The highest BCUT2D eigenvalue weighted by molar-refractivity contribution is 6.08. The summed E-state index contributed by atoms with van der Waals surface area (Å²) in [6.07, 6.45) is 3.48. The fraction of sp³-hybridized carbons (Fsp3) is 0.389. The van der Waals surface area contributed by atoms with E-state index >= 15 is 0 Å². The monoisotopic (exact) mass is 374 g/mol. The van der Waals surface area contributed by atoms with Crippen LogP contribution >= 0.6 is 0 Å². The summed E-state index contributed by atoms with van der Waals surface area (Å²) in [5.74, 6) is -0.437. The Balaban J connectivity index is 1.83. The lowest BCUT2D eigenvalue weighted by Gasteiger charge is -2.22. The standard InChI is InChI=1S/C18H22N4O5/c1-25-15-9-12(17(19)23)14(10-16(15)26-2)20-18(24)13-3-6-22(21-13)11-4-7-27-8-5-11/h3,6,9-11H,4-5,7-8H2,1-2H3,(H2,19,23)(H,20,24). The van der Waals surface area contributed by atoms with E-state index in [1.807, 2.05) is 0 Å². The summed E-state index contributed by atoms with van der Waals surface area (Å²) in [6, 6.07) is 4.77. The third-order valence-electron chi connectivity index (χ3n) is 4.44. The normalized spacial score (nSPS) is 14.6. The lowest BCUT2D eigenvalue weighted by atomic mass is 10.1. The highest BCUT2D eigenvalue weighted by Crippen LogP contribution is 2.33. The van der Waals surface area contributed by atoms with Gasteiger partial charge in [-0.15, -0.1) is 0 Å². The van der Waals surface area contributed by atoms with Crippen LogP contribution in [0.5, 0.6) is 11.5 Å². The number of methoxy groups -OCH3 is 2. The van der Waals surface area contributed by atoms with Crippen molar-refractivity contribution in [1.29, 1.82) is 0 Å². The van der Waals surface area contributed by atoms with Crippen LogP contribution in [0.3, 0.4) is 0 Å². The van der Waals surface area contributed by atoms with Gasteiger partial charge in [0.15, 0.2) is 17.2 Å². The van der Waals surface area contributed by atoms with Crippen LogP contribution in [-0.4, -0.2) is 49.0 Å². The Morgan fingerprint density at radius 1 is 1.22 bits per heavy atom. The molecule has 144 valence electrons. The maximum Gasteiger partial charge on any atom is 0.276 e. The fourth-order valence-corrected chi connectivity index (χ4v) is 2.98. The molecule has 9 nitrogen and oxygen atoms in total. The first-order valence-electron chi connectivity index (χ1n) is 8.53. The molecule has 3 rings (SSSR count). The van der Waals surface area contributed by atoms with E-state index in [1.54, 1.807) is 16.9 Å². The second kappa shape index (κ2) is 8.09. The maximum absolute atomic E-state index is 12.6. The molecule has 1 aliphatic rings. The summed E-state index contributed by atoms with van der Waals surface area (Å²) in [5, 5.41) is 7.03. The third kappa shape index (κ3) is 4.03. The molecule has 1 aliphatic heterocycles. The van der Waals surface area contributed by atoms with Gasteiger partial charge in [-0.05, 0) is 25.0 Å². The molecule has 3 N–H and O–H groups in total. The van der Waals surface area contributed by atoms with Crippen molar-refractivity contribution in [3.05, 3.63) is 35.7 Å². The van der Waals surface area contributed by atoms with E-state index < -0.39 is 11.8 Å². The fourth-order valence-electron chi connectivity index (χ4n) is 2.98. The molecule has 1 saturated heterocycles. The molecule has 0 aliphatic carbocycles. The molecule has 0 radical (unpaired) electrons. The number of amides is 2. The first kappa shape index (κ1) is 18.7. The molecular formula is C18H22N4O5. The number of anilines is 1. The molecule has 1 fully saturated rings. The quantitative estimate of drug-likeness (QED) is 0.793. The highest BCUT2D eigenvalue weighted by Gasteiger charge is 2.21. The molecule has 27 heavy (non-hydrogen) atoms. The molecule has 1 aromatic heterocycles. The molecule has 2 aromatic rings. The van der Waals surface area contributed by atoms with E-state index in [1.165, 1.54) is 26.4 Å². The molecule has 0 unspecified atom stereocenters. The van der Waals surface area contributed by atoms with E-state index in [2.05, 4.69) is 10.4 Å². The molecule has 2 amide bonds.